The van der Waals surface area contributed by atoms with Crippen LogP contribution in [0, 0.1) is 0 Å². The molecule has 1 aromatic heterocycles. The van der Waals surface area contributed by atoms with Gasteiger partial charge in [0.05, 0.1) is 25.0 Å². The zero-order valence-electron chi connectivity index (χ0n) is 12.6. The molecule has 1 amide bonds. The Morgan fingerprint density at radius 1 is 1.32 bits per heavy atom. The van der Waals surface area contributed by atoms with Gasteiger partial charge in [0.1, 0.15) is 6.10 Å². The van der Waals surface area contributed by atoms with Gasteiger partial charge in [-0.3, -0.25) is 4.79 Å². The summed E-state index contributed by atoms with van der Waals surface area (Å²) in [4.78, 5) is 14.5. The number of benzene rings is 1. The van der Waals surface area contributed by atoms with E-state index in [1.807, 2.05) is 38.1 Å². The van der Waals surface area contributed by atoms with Gasteiger partial charge in [-0.1, -0.05) is 23.7 Å². The molecule has 0 saturated carbocycles. The first-order valence-electron chi connectivity index (χ1n) is 7.20. The molecule has 2 heterocycles. The molecule has 1 saturated heterocycles. The SMILES string of the molecule is CC1(C)COC(c2cccc(Cl)c2)CN1C(=O)c1ccco1. The first-order valence-corrected chi connectivity index (χ1v) is 7.58. The van der Waals surface area contributed by atoms with Crippen LogP contribution in [0.15, 0.2) is 47.1 Å². The van der Waals surface area contributed by atoms with Gasteiger partial charge in [0.15, 0.2) is 5.76 Å². The van der Waals surface area contributed by atoms with Crippen LogP contribution >= 0.6 is 11.6 Å². The summed E-state index contributed by atoms with van der Waals surface area (Å²) >= 11 is 6.05. The number of hydrogen-bond donors (Lipinski definition) is 0. The van der Waals surface area contributed by atoms with Crippen LogP contribution in [0.25, 0.3) is 0 Å². The van der Waals surface area contributed by atoms with Gasteiger partial charge >= 0.3 is 0 Å². The van der Waals surface area contributed by atoms with E-state index in [-0.39, 0.29) is 17.6 Å². The molecule has 1 aliphatic heterocycles. The van der Waals surface area contributed by atoms with Crippen molar-refractivity contribution in [1.82, 2.24) is 4.90 Å². The molecule has 1 aromatic carbocycles. The van der Waals surface area contributed by atoms with Crippen molar-refractivity contribution in [3.05, 3.63) is 59.0 Å². The lowest BCUT2D eigenvalue weighted by Crippen LogP contribution is -2.56. The van der Waals surface area contributed by atoms with Crippen molar-refractivity contribution in [1.29, 1.82) is 0 Å². The summed E-state index contributed by atoms with van der Waals surface area (Å²) in [5, 5.41) is 0.662. The van der Waals surface area contributed by atoms with Crippen LogP contribution in [0.4, 0.5) is 0 Å². The molecule has 116 valence electrons. The van der Waals surface area contributed by atoms with Crippen molar-refractivity contribution >= 4 is 17.5 Å². The lowest BCUT2D eigenvalue weighted by Gasteiger charge is -2.45. The number of hydrogen-bond acceptors (Lipinski definition) is 3. The maximum atomic E-state index is 12.7. The van der Waals surface area contributed by atoms with Gasteiger partial charge in [-0.15, -0.1) is 0 Å². The third-order valence-electron chi connectivity index (χ3n) is 3.91. The topological polar surface area (TPSA) is 42.7 Å². The van der Waals surface area contributed by atoms with E-state index in [4.69, 9.17) is 20.8 Å². The number of furan rings is 1. The molecule has 0 spiro atoms. The largest absolute Gasteiger partial charge is 0.459 e. The van der Waals surface area contributed by atoms with Crippen LogP contribution in [0.3, 0.4) is 0 Å². The van der Waals surface area contributed by atoms with E-state index in [2.05, 4.69) is 0 Å². The Morgan fingerprint density at radius 3 is 2.82 bits per heavy atom. The molecule has 22 heavy (non-hydrogen) atoms. The molecule has 4 nitrogen and oxygen atoms in total. The Balaban J connectivity index is 1.86. The fourth-order valence-corrected chi connectivity index (χ4v) is 2.85. The molecular formula is C17H18ClNO3. The second-order valence-corrected chi connectivity index (χ2v) is 6.50. The fraction of sp³-hybridized carbons (Fsp3) is 0.353. The average Bonchev–Trinajstić information content (AvgIpc) is 3.00. The normalized spacial score (nSPS) is 20.9. The molecule has 1 aliphatic rings. The molecule has 1 unspecified atom stereocenters. The minimum atomic E-state index is -0.390. The Bertz CT molecular complexity index is 666. The Labute approximate surface area is 134 Å². The maximum absolute atomic E-state index is 12.7. The second kappa shape index (κ2) is 5.78. The molecule has 2 aromatic rings. The first kappa shape index (κ1) is 15.1. The molecular weight excluding hydrogens is 302 g/mol. The minimum Gasteiger partial charge on any atom is -0.459 e. The molecule has 0 N–H and O–H groups in total. The second-order valence-electron chi connectivity index (χ2n) is 6.06. The van der Waals surface area contributed by atoms with Crippen LogP contribution in [0.2, 0.25) is 5.02 Å². The predicted octanol–water partition coefficient (Wildman–Crippen LogP) is 3.93. The summed E-state index contributed by atoms with van der Waals surface area (Å²) in [6.07, 6.45) is 1.32. The minimum absolute atomic E-state index is 0.120. The summed E-state index contributed by atoms with van der Waals surface area (Å²) in [6.45, 7) is 4.90. The summed E-state index contributed by atoms with van der Waals surface area (Å²) in [6, 6.07) is 10.9. The van der Waals surface area contributed by atoms with Crippen molar-refractivity contribution in [3.63, 3.8) is 0 Å². The van der Waals surface area contributed by atoms with Crippen molar-refractivity contribution in [2.24, 2.45) is 0 Å². The molecule has 5 heteroatoms. The van der Waals surface area contributed by atoms with Gasteiger partial charge in [-0.25, -0.2) is 0 Å². The van der Waals surface area contributed by atoms with Gasteiger partial charge in [-0.05, 0) is 43.7 Å². The van der Waals surface area contributed by atoms with Gasteiger partial charge < -0.3 is 14.1 Å². The third kappa shape index (κ3) is 2.89. The highest BCUT2D eigenvalue weighted by molar-refractivity contribution is 6.30. The monoisotopic (exact) mass is 319 g/mol. The molecule has 0 aliphatic carbocycles. The molecule has 1 fully saturated rings. The van der Waals surface area contributed by atoms with Crippen LogP contribution in [0.5, 0.6) is 0 Å². The van der Waals surface area contributed by atoms with E-state index in [0.717, 1.165) is 5.56 Å². The maximum Gasteiger partial charge on any atom is 0.290 e. The number of carbonyl (C=O) groups is 1. The standard InChI is InChI=1S/C17H18ClNO3/c1-17(2)11-22-15(12-5-3-6-13(18)9-12)10-19(17)16(20)14-7-4-8-21-14/h3-9,15H,10-11H2,1-2H3. The van der Waals surface area contributed by atoms with E-state index in [9.17, 15) is 4.79 Å². The highest BCUT2D eigenvalue weighted by atomic mass is 35.5. The van der Waals surface area contributed by atoms with Gasteiger partial charge in [0.2, 0.25) is 0 Å². The van der Waals surface area contributed by atoms with Crippen molar-refractivity contribution in [3.8, 4) is 0 Å². The number of halogens is 1. The smallest absolute Gasteiger partial charge is 0.290 e. The number of carbonyl (C=O) groups excluding carboxylic acids is 1. The number of amides is 1. The Kier molecular flexibility index (Phi) is 3.98. The van der Waals surface area contributed by atoms with E-state index >= 15 is 0 Å². The van der Waals surface area contributed by atoms with E-state index in [1.165, 1.54) is 6.26 Å². The molecule has 1 atom stereocenters. The highest BCUT2D eigenvalue weighted by Crippen LogP contribution is 2.32. The van der Waals surface area contributed by atoms with E-state index in [0.29, 0.717) is 23.9 Å². The number of rotatable bonds is 2. The Hall–Kier alpha value is -1.78. The summed E-state index contributed by atoms with van der Waals surface area (Å²) < 4.78 is 11.2. The highest BCUT2D eigenvalue weighted by Gasteiger charge is 2.39. The van der Waals surface area contributed by atoms with E-state index < -0.39 is 0 Å². The summed E-state index contributed by atoms with van der Waals surface area (Å²) in [5.74, 6) is 0.227. The summed E-state index contributed by atoms with van der Waals surface area (Å²) in [7, 11) is 0. The first-order chi connectivity index (χ1) is 10.5. The predicted molar refractivity (Wildman–Crippen MR) is 84.0 cm³/mol. The zero-order valence-corrected chi connectivity index (χ0v) is 13.3. The zero-order chi connectivity index (χ0) is 15.7. The quantitative estimate of drug-likeness (QED) is 0.842. The van der Waals surface area contributed by atoms with Crippen LogP contribution in [-0.4, -0.2) is 29.5 Å². The van der Waals surface area contributed by atoms with Crippen LogP contribution < -0.4 is 0 Å². The fourth-order valence-electron chi connectivity index (χ4n) is 2.65. The molecule has 0 radical (unpaired) electrons. The van der Waals surface area contributed by atoms with Crippen LogP contribution in [-0.2, 0) is 4.74 Å². The lowest BCUT2D eigenvalue weighted by molar-refractivity contribution is -0.0854. The number of morpholine rings is 1. The summed E-state index contributed by atoms with van der Waals surface area (Å²) in [5.41, 5.74) is 0.583. The van der Waals surface area contributed by atoms with Gasteiger partial charge in [0, 0.05) is 5.02 Å². The van der Waals surface area contributed by atoms with Crippen LogP contribution in [0.1, 0.15) is 36.1 Å². The molecule has 0 bridgehead atoms. The van der Waals surface area contributed by atoms with Gasteiger partial charge in [-0.2, -0.15) is 0 Å². The number of nitrogens with zero attached hydrogens (tertiary/aromatic N) is 1. The van der Waals surface area contributed by atoms with Crippen molar-refractivity contribution < 1.29 is 13.9 Å². The Morgan fingerprint density at radius 2 is 2.14 bits per heavy atom. The molecule has 3 rings (SSSR count). The van der Waals surface area contributed by atoms with Crippen molar-refractivity contribution in [2.45, 2.75) is 25.5 Å². The average molecular weight is 320 g/mol. The van der Waals surface area contributed by atoms with Gasteiger partial charge in [0.25, 0.3) is 5.91 Å². The van der Waals surface area contributed by atoms with E-state index in [1.54, 1.807) is 17.0 Å². The van der Waals surface area contributed by atoms with Crippen molar-refractivity contribution in [2.75, 3.05) is 13.2 Å². The third-order valence-corrected chi connectivity index (χ3v) is 4.15. The lowest BCUT2D eigenvalue weighted by atomic mass is 9.97. The number of ether oxygens (including phenoxy) is 1.